The maximum atomic E-state index is 12.5. The summed E-state index contributed by atoms with van der Waals surface area (Å²) in [6.07, 6.45) is 0.548. The van der Waals surface area contributed by atoms with E-state index in [1.54, 1.807) is 24.3 Å². The molecule has 1 aliphatic heterocycles. The highest BCUT2D eigenvalue weighted by Gasteiger charge is 2.39. The van der Waals surface area contributed by atoms with Crippen molar-refractivity contribution in [2.75, 3.05) is 19.0 Å². The van der Waals surface area contributed by atoms with Crippen LogP contribution in [0.2, 0.25) is 0 Å². The lowest BCUT2D eigenvalue weighted by atomic mass is 10.1. The molecule has 122 valence electrons. The van der Waals surface area contributed by atoms with Crippen molar-refractivity contribution < 1.29 is 24.2 Å². The van der Waals surface area contributed by atoms with Crippen LogP contribution in [0.15, 0.2) is 36.9 Å². The van der Waals surface area contributed by atoms with Crippen LogP contribution in [0.5, 0.6) is 0 Å². The maximum Gasteiger partial charge on any atom is 0.328 e. The number of carbonyl (C=O) groups is 3. The summed E-state index contributed by atoms with van der Waals surface area (Å²) in [7, 11) is 1.24. The number of nitrogens with one attached hydrogen (secondary N) is 1. The van der Waals surface area contributed by atoms with E-state index in [0.717, 1.165) is 6.08 Å². The fraction of sp³-hybridized carbons (Fsp3) is 0.312. The minimum atomic E-state index is -0.789. The lowest BCUT2D eigenvalue weighted by Gasteiger charge is -2.22. The molecule has 7 heteroatoms. The van der Waals surface area contributed by atoms with E-state index in [0.29, 0.717) is 11.3 Å². The van der Waals surface area contributed by atoms with Gasteiger partial charge in [0, 0.05) is 24.2 Å². The van der Waals surface area contributed by atoms with Crippen molar-refractivity contribution >= 4 is 23.5 Å². The van der Waals surface area contributed by atoms with Crippen molar-refractivity contribution in [1.82, 2.24) is 4.90 Å². The Kier molecular flexibility index (Phi) is 5.13. The molecule has 1 fully saturated rings. The molecule has 1 saturated heterocycles. The van der Waals surface area contributed by atoms with Gasteiger partial charge in [0.05, 0.1) is 13.2 Å². The van der Waals surface area contributed by atoms with Crippen molar-refractivity contribution in [1.29, 1.82) is 0 Å². The molecule has 2 rings (SSSR count). The number of β-amino-alcohol motifs (C(OH)–C–C–N with tert-alkyl or cyclic N) is 1. The standard InChI is InChI=1S/C16H18N2O5/c1-3-14(20)17-11-6-4-10(5-7-11)15(21)18-9-12(19)8-13(18)16(22)23-2/h3-7,12-13,19H,1,8-9H2,2H3,(H,17,20)/t12-,13+/m1/s1. The smallest absolute Gasteiger partial charge is 0.328 e. The van der Waals surface area contributed by atoms with E-state index in [1.807, 2.05) is 0 Å². The number of methoxy groups -OCH3 is 1. The van der Waals surface area contributed by atoms with Crippen molar-refractivity contribution in [3.63, 3.8) is 0 Å². The van der Waals surface area contributed by atoms with Gasteiger partial charge >= 0.3 is 5.97 Å². The van der Waals surface area contributed by atoms with Gasteiger partial charge in [-0.25, -0.2) is 4.79 Å². The summed E-state index contributed by atoms with van der Waals surface area (Å²) in [6.45, 7) is 3.43. The highest BCUT2D eigenvalue weighted by Crippen LogP contribution is 2.22. The number of aliphatic hydroxyl groups is 1. The Hall–Kier alpha value is -2.67. The average Bonchev–Trinajstić information content (AvgIpc) is 2.95. The van der Waals surface area contributed by atoms with E-state index >= 15 is 0 Å². The molecule has 23 heavy (non-hydrogen) atoms. The number of hydrogen-bond donors (Lipinski definition) is 2. The number of anilines is 1. The molecular formula is C16H18N2O5. The van der Waals surface area contributed by atoms with Crippen LogP contribution in [-0.4, -0.2) is 53.6 Å². The molecule has 1 aromatic carbocycles. The first-order chi connectivity index (χ1) is 11.0. The number of carbonyl (C=O) groups excluding carboxylic acids is 3. The van der Waals surface area contributed by atoms with E-state index in [-0.39, 0.29) is 24.8 Å². The van der Waals surface area contributed by atoms with Crippen molar-refractivity contribution in [3.8, 4) is 0 Å². The molecule has 0 aromatic heterocycles. The van der Waals surface area contributed by atoms with Gasteiger partial charge in [-0.2, -0.15) is 0 Å². The number of aliphatic hydroxyl groups excluding tert-OH is 1. The molecule has 1 aliphatic rings. The lowest BCUT2D eigenvalue weighted by molar-refractivity contribution is -0.145. The van der Waals surface area contributed by atoms with Crippen LogP contribution in [0.3, 0.4) is 0 Å². The van der Waals surface area contributed by atoms with E-state index in [1.165, 1.54) is 12.0 Å². The monoisotopic (exact) mass is 318 g/mol. The molecule has 0 bridgehead atoms. The van der Waals surface area contributed by atoms with Crippen LogP contribution in [0.1, 0.15) is 16.8 Å². The third-order valence-electron chi connectivity index (χ3n) is 3.60. The van der Waals surface area contributed by atoms with Gasteiger partial charge < -0.3 is 20.1 Å². The van der Waals surface area contributed by atoms with Gasteiger partial charge in [0.2, 0.25) is 5.91 Å². The molecule has 0 saturated carbocycles. The van der Waals surface area contributed by atoms with E-state index in [9.17, 15) is 19.5 Å². The normalized spacial score (nSPS) is 20.0. The lowest BCUT2D eigenvalue weighted by Crippen LogP contribution is -2.41. The molecule has 0 aliphatic carbocycles. The minimum Gasteiger partial charge on any atom is -0.467 e. The van der Waals surface area contributed by atoms with E-state index in [2.05, 4.69) is 16.6 Å². The van der Waals surface area contributed by atoms with Gasteiger partial charge in [-0.3, -0.25) is 9.59 Å². The molecule has 2 amide bonds. The molecule has 1 heterocycles. The predicted molar refractivity (Wildman–Crippen MR) is 82.7 cm³/mol. The SMILES string of the molecule is C=CC(=O)Nc1ccc(C(=O)N2C[C@H](O)C[C@H]2C(=O)OC)cc1. The summed E-state index contributed by atoms with van der Waals surface area (Å²) in [5.41, 5.74) is 0.877. The zero-order chi connectivity index (χ0) is 17.0. The molecular weight excluding hydrogens is 300 g/mol. The molecule has 0 spiro atoms. The highest BCUT2D eigenvalue weighted by atomic mass is 16.5. The summed E-state index contributed by atoms with van der Waals surface area (Å²) in [5.74, 6) is -1.28. The minimum absolute atomic E-state index is 0.0769. The largest absolute Gasteiger partial charge is 0.467 e. The van der Waals surface area contributed by atoms with Gasteiger partial charge in [-0.15, -0.1) is 0 Å². The van der Waals surface area contributed by atoms with Crippen LogP contribution in [0, 0.1) is 0 Å². The van der Waals surface area contributed by atoms with Gasteiger partial charge in [0.25, 0.3) is 5.91 Å². The number of rotatable bonds is 4. The Labute approximate surface area is 133 Å². The maximum absolute atomic E-state index is 12.5. The highest BCUT2D eigenvalue weighted by molar-refractivity contribution is 6.00. The van der Waals surface area contributed by atoms with Crippen LogP contribution >= 0.6 is 0 Å². The Bertz CT molecular complexity index is 626. The van der Waals surface area contributed by atoms with Crippen molar-refractivity contribution in [3.05, 3.63) is 42.5 Å². The summed E-state index contributed by atoms with van der Waals surface area (Å²) in [5, 5.41) is 12.3. The quantitative estimate of drug-likeness (QED) is 0.625. The molecule has 2 atom stereocenters. The molecule has 7 nitrogen and oxygen atoms in total. The van der Waals surface area contributed by atoms with Crippen LogP contribution in [0.25, 0.3) is 0 Å². The molecule has 1 aromatic rings. The second-order valence-electron chi connectivity index (χ2n) is 5.16. The number of likely N-dealkylation sites (tertiary alicyclic amines) is 1. The summed E-state index contributed by atoms with van der Waals surface area (Å²) in [6, 6.07) is 5.45. The van der Waals surface area contributed by atoms with Gasteiger partial charge in [0.15, 0.2) is 0 Å². The third-order valence-corrected chi connectivity index (χ3v) is 3.60. The Morgan fingerprint density at radius 2 is 2.00 bits per heavy atom. The van der Waals surface area contributed by atoms with Crippen LogP contribution in [0.4, 0.5) is 5.69 Å². The number of nitrogens with zero attached hydrogens (tertiary/aromatic N) is 1. The van der Waals surface area contributed by atoms with Crippen LogP contribution in [-0.2, 0) is 14.3 Å². The van der Waals surface area contributed by atoms with Gasteiger partial charge in [-0.05, 0) is 30.3 Å². The van der Waals surface area contributed by atoms with Gasteiger partial charge in [-0.1, -0.05) is 6.58 Å². The van der Waals surface area contributed by atoms with E-state index in [4.69, 9.17) is 0 Å². The third kappa shape index (κ3) is 3.75. The zero-order valence-corrected chi connectivity index (χ0v) is 12.7. The Balaban J connectivity index is 2.14. The van der Waals surface area contributed by atoms with Crippen LogP contribution < -0.4 is 5.32 Å². The average molecular weight is 318 g/mol. The fourth-order valence-electron chi connectivity index (χ4n) is 2.45. The first-order valence-corrected chi connectivity index (χ1v) is 7.06. The molecule has 0 radical (unpaired) electrons. The number of amides is 2. The summed E-state index contributed by atoms with van der Waals surface area (Å²) < 4.78 is 4.67. The predicted octanol–water partition coefficient (Wildman–Crippen LogP) is 0.559. The number of esters is 1. The Morgan fingerprint density at radius 1 is 1.35 bits per heavy atom. The number of benzene rings is 1. The second-order valence-corrected chi connectivity index (χ2v) is 5.16. The topological polar surface area (TPSA) is 95.9 Å². The second kappa shape index (κ2) is 7.06. The fourth-order valence-corrected chi connectivity index (χ4v) is 2.45. The summed E-state index contributed by atoms with van der Waals surface area (Å²) >= 11 is 0. The van der Waals surface area contributed by atoms with E-state index < -0.39 is 18.1 Å². The first-order valence-electron chi connectivity index (χ1n) is 7.06. The number of hydrogen-bond acceptors (Lipinski definition) is 5. The first kappa shape index (κ1) is 16.7. The van der Waals surface area contributed by atoms with Gasteiger partial charge in [0.1, 0.15) is 6.04 Å². The Morgan fingerprint density at radius 3 is 2.57 bits per heavy atom. The van der Waals surface area contributed by atoms with Crippen molar-refractivity contribution in [2.45, 2.75) is 18.6 Å². The molecule has 0 unspecified atom stereocenters. The zero-order valence-electron chi connectivity index (χ0n) is 12.7. The molecule has 2 N–H and O–H groups in total. The number of ether oxygens (including phenoxy) is 1. The summed E-state index contributed by atoms with van der Waals surface area (Å²) in [4.78, 5) is 36.8. The van der Waals surface area contributed by atoms with Crippen molar-refractivity contribution in [2.24, 2.45) is 0 Å².